The van der Waals surface area contributed by atoms with Crippen LogP contribution in [0.1, 0.15) is 0 Å². The predicted molar refractivity (Wildman–Crippen MR) is 151 cm³/mol. The Morgan fingerprint density at radius 2 is 1.16 bits per heavy atom. The van der Waals surface area contributed by atoms with Gasteiger partial charge in [-0.3, -0.25) is 4.98 Å². The Kier molecular flexibility index (Phi) is 5.11. The van der Waals surface area contributed by atoms with E-state index in [1.165, 1.54) is 21.9 Å². The lowest BCUT2D eigenvalue weighted by atomic mass is 9.91. The first kappa shape index (κ1) is 21.3. The number of benzene rings is 5. The Morgan fingerprint density at radius 3 is 2.00 bits per heavy atom. The zero-order chi connectivity index (χ0) is 24.6. The molecule has 0 amide bonds. The normalized spacial score (nSPS) is 11.2. The maximum atomic E-state index is 6.25. The molecule has 0 atom stereocenters. The van der Waals surface area contributed by atoms with Crippen LogP contribution in [0.5, 0.6) is 0 Å². The fraction of sp³-hybridized carbons (Fsp3) is 0. The summed E-state index contributed by atoms with van der Waals surface area (Å²) in [6, 6.07) is 42.0. The Morgan fingerprint density at radius 1 is 0.486 bits per heavy atom. The van der Waals surface area contributed by atoms with Crippen molar-refractivity contribution in [2.45, 2.75) is 0 Å². The standard InChI is InChI=1S/C34H22N2O/c1-2-11-27-24(8-1)9-5-14-28(27)29-12-3-4-13-30(29)31-15-6-16-32-33(31)36-34(37-32)25-19-17-23(18-20-25)26-10-7-21-35-22-26/h1-22H. The van der Waals surface area contributed by atoms with Crippen molar-refractivity contribution in [3.63, 3.8) is 0 Å². The fourth-order valence-corrected chi connectivity index (χ4v) is 5.04. The maximum Gasteiger partial charge on any atom is 0.227 e. The molecule has 7 rings (SSSR count). The molecular formula is C34H22N2O. The molecule has 0 aliphatic carbocycles. The molecule has 0 radical (unpaired) electrons. The van der Waals surface area contributed by atoms with Gasteiger partial charge in [-0.15, -0.1) is 0 Å². The van der Waals surface area contributed by atoms with Crippen LogP contribution >= 0.6 is 0 Å². The average Bonchev–Trinajstić information content (AvgIpc) is 3.42. The number of hydrogen-bond donors (Lipinski definition) is 0. The van der Waals surface area contributed by atoms with Crippen LogP contribution in [0.4, 0.5) is 0 Å². The molecular weight excluding hydrogens is 452 g/mol. The van der Waals surface area contributed by atoms with E-state index in [1.807, 2.05) is 24.4 Å². The number of fused-ring (bicyclic) bond motifs is 2. The second kappa shape index (κ2) is 8.89. The van der Waals surface area contributed by atoms with Crippen LogP contribution < -0.4 is 0 Å². The molecule has 7 aromatic rings. The first-order chi connectivity index (χ1) is 18.3. The minimum atomic E-state index is 0.614. The van der Waals surface area contributed by atoms with Crippen LogP contribution in [-0.2, 0) is 0 Å². The highest BCUT2D eigenvalue weighted by Crippen LogP contribution is 2.39. The van der Waals surface area contributed by atoms with E-state index in [2.05, 4.69) is 108 Å². The fourth-order valence-electron chi connectivity index (χ4n) is 5.04. The number of aromatic nitrogens is 2. The zero-order valence-corrected chi connectivity index (χ0v) is 20.0. The van der Waals surface area contributed by atoms with E-state index in [4.69, 9.17) is 9.40 Å². The van der Waals surface area contributed by atoms with E-state index < -0.39 is 0 Å². The van der Waals surface area contributed by atoms with E-state index in [0.717, 1.165) is 38.9 Å². The topological polar surface area (TPSA) is 38.9 Å². The summed E-state index contributed by atoms with van der Waals surface area (Å²) in [5.41, 5.74) is 9.35. The van der Waals surface area contributed by atoms with E-state index in [9.17, 15) is 0 Å². The van der Waals surface area contributed by atoms with Crippen molar-refractivity contribution in [3.8, 4) is 44.8 Å². The molecule has 0 saturated heterocycles. The molecule has 0 bridgehead atoms. The van der Waals surface area contributed by atoms with E-state index in [-0.39, 0.29) is 0 Å². The van der Waals surface area contributed by atoms with Gasteiger partial charge in [0.25, 0.3) is 0 Å². The number of oxazole rings is 1. The smallest absolute Gasteiger partial charge is 0.227 e. The van der Waals surface area contributed by atoms with E-state index in [1.54, 1.807) is 6.20 Å². The van der Waals surface area contributed by atoms with Crippen LogP contribution in [0, 0.1) is 0 Å². The highest BCUT2D eigenvalue weighted by atomic mass is 16.3. The van der Waals surface area contributed by atoms with Crippen LogP contribution in [0.3, 0.4) is 0 Å². The van der Waals surface area contributed by atoms with Gasteiger partial charge in [0.15, 0.2) is 5.58 Å². The van der Waals surface area contributed by atoms with Gasteiger partial charge >= 0.3 is 0 Å². The number of para-hydroxylation sites is 1. The minimum absolute atomic E-state index is 0.614. The summed E-state index contributed by atoms with van der Waals surface area (Å²) in [5, 5.41) is 2.46. The van der Waals surface area contributed by atoms with Crippen molar-refractivity contribution < 1.29 is 4.42 Å². The first-order valence-electron chi connectivity index (χ1n) is 12.3. The molecule has 0 aliphatic rings. The van der Waals surface area contributed by atoms with Gasteiger partial charge in [-0.2, -0.15) is 0 Å². The number of pyridine rings is 1. The third-order valence-corrected chi connectivity index (χ3v) is 6.84. The lowest BCUT2D eigenvalue weighted by molar-refractivity contribution is 0.620. The van der Waals surface area contributed by atoms with Gasteiger partial charge < -0.3 is 4.42 Å². The summed E-state index contributed by atoms with van der Waals surface area (Å²) in [4.78, 5) is 9.20. The molecule has 0 aliphatic heterocycles. The van der Waals surface area contributed by atoms with Gasteiger partial charge in [0.1, 0.15) is 5.52 Å². The molecule has 0 fully saturated rings. The molecule has 0 saturated carbocycles. The summed E-state index contributed by atoms with van der Waals surface area (Å²) in [6.07, 6.45) is 3.65. The summed E-state index contributed by atoms with van der Waals surface area (Å²) in [5.74, 6) is 0.614. The molecule has 0 spiro atoms. The monoisotopic (exact) mass is 474 g/mol. The quantitative estimate of drug-likeness (QED) is 0.255. The lowest BCUT2D eigenvalue weighted by Crippen LogP contribution is -1.88. The Labute approximate surface area is 214 Å². The Bertz CT molecular complexity index is 1860. The van der Waals surface area contributed by atoms with Gasteiger partial charge in [0.2, 0.25) is 5.89 Å². The van der Waals surface area contributed by atoms with Gasteiger partial charge in [-0.25, -0.2) is 4.98 Å². The minimum Gasteiger partial charge on any atom is -0.436 e. The Balaban J connectivity index is 1.34. The number of hydrogen-bond acceptors (Lipinski definition) is 3. The highest BCUT2D eigenvalue weighted by molar-refractivity contribution is 6.03. The van der Waals surface area contributed by atoms with Crippen molar-refractivity contribution >= 4 is 21.9 Å². The van der Waals surface area contributed by atoms with Crippen LogP contribution in [0.25, 0.3) is 66.7 Å². The third kappa shape index (κ3) is 3.78. The summed E-state index contributed by atoms with van der Waals surface area (Å²) >= 11 is 0. The summed E-state index contributed by atoms with van der Waals surface area (Å²) in [7, 11) is 0. The summed E-state index contributed by atoms with van der Waals surface area (Å²) < 4.78 is 6.25. The van der Waals surface area contributed by atoms with E-state index >= 15 is 0 Å². The van der Waals surface area contributed by atoms with Gasteiger partial charge in [-0.1, -0.05) is 97.1 Å². The van der Waals surface area contributed by atoms with Gasteiger partial charge in [0.05, 0.1) is 0 Å². The lowest BCUT2D eigenvalue weighted by Gasteiger charge is -2.13. The average molecular weight is 475 g/mol. The number of rotatable bonds is 4. The summed E-state index contributed by atoms with van der Waals surface area (Å²) in [6.45, 7) is 0. The van der Waals surface area contributed by atoms with Crippen molar-refractivity contribution in [1.82, 2.24) is 9.97 Å². The van der Waals surface area contributed by atoms with Crippen molar-refractivity contribution in [1.29, 1.82) is 0 Å². The Hall–Kier alpha value is -5.02. The van der Waals surface area contributed by atoms with Crippen molar-refractivity contribution in [3.05, 3.63) is 134 Å². The van der Waals surface area contributed by atoms with Crippen LogP contribution in [0.2, 0.25) is 0 Å². The molecule has 37 heavy (non-hydrogen) atoms. The van der Waals surface area contributed by atoms with Gasteiger partial charge in [0, 0.05) is 23.5 Å². The highest BCUT2D eigenvalue weighted by Gasteiger charge is 2.16. The molecule has 5 aromatic carbocycles. The maximum absolute atomic E-state index is 6.25. The molecule has 2 heterocycles. The largest absolute Gasteiger partial charge is 0.436 e. The molecule has 174 valence electrons. The molecule has 0 unspecified atom stereocenters. The van der Waals surface area contributed by atoms with Crippen LogP contribution in [-0.4, -0.2) is 9.97 Å². The van der Waals surface area contributed by atoms with Crippen molar-refractivity contribution in [2.75, 3.05) is 0 Å². The molecule has 0 N–H and O–H groups in total. The number of nitrogens with zero attached hydrogens (tertiary/aromatic N) is 2. The zero-order valence-electron chi connectivity index (χ0n) is 20.0. The van der Waals surface area contributed by atoms with Crippen molar-refractivity contribution in [2.24, 2.45) is 0 Å². The third-order valence-electron chi connectivity index (χ3n) is 6.84. The first-order valence-corrected chi connectivity index (χ1v) is 12.3. The van der Waals surface area contributed by atoms with Crippen LogP contribution in [0.15, 0.2) is 138 Å². The second-order valence-corrected chi connectivity index (χ2v) is 9.06. The SMILES string of the molecule is c1cncc(-c2ccc(-c3nc4c(-c5ccccc5-c5cccc6ccccc56)cccc4o3)cc2)c1. The predicted octanol–water partition coefficient (Wildman–Crippen LogP) is 9.04. The molecule has 3 nitrogen and oxygen atoms in total. The van der Waals surface area contributed by atoms with E-state index in [0.29, 0.717) is 5.89 Å². The van der Waals surface area contributed by atoms with Gasteiger partial charge in [-0.05, 0) is 62.9 Å². The second-order valence-electron chi connectivity index (χ2n) is 9.06. The molecule has 2 aromatic heterocycles. The molecule has 3 heteroatoms.